The van der Waals surface area contributed by atoms with Crippen molar-refractivity contribution in [3.8, 4) is 5.75 Å². The normalized spacial score (nSPS) is 11.2. The van der Waals surface area contributed by atoms with E-state index < -0.39 is 0 Å². The number of carbonyl (C=O) groups excluding carboxylic acids is 1. The Hall–Kier alpha value is -2.82. The molecule has 5 nitrogen and oxygen atoms in total. The Labute approximate surface area is 173 Å². The van der Waals surface area contributed by atoms with Gasteiger partial charge in [-0.15, -0.1) is 0 Å². The number of aryl methyl sites for hydroxylation is 2. The number of imidazole rings is 1. The molecule has 1 amide bonds. The molecule has 29 heavy (non-hydrogen) atoms. The molecule has 3 aromatic rings. The lowest BCUT2D eigenvalue weighted by Gasteiger charge is -2.15. The van der Waals surface area contributed by atoms with Crippen LogP contribution in [0.3, 0.4) is 0 Å². The van der Waals surface area contributed by atoms with E-state index in [9.17, 15) is 4.79 Å². The molecule has 5 heteroatoms. The molecule has 1 N–H and O–H groups in total. The lowest BCUT2D eigenvalue weighted by molar-refractivity contribution is -0.119. The number of fused-ring (bicyclic) bond motifs is 1. The van der Waals surface area contributed by atoms with Crippen molar-refractivity contribution in [2.75, 3.05) is 6.61 Å². The molecule has 0 aliphatic rings. The minimum Gasteiger partial charge on any atom is -0.493 e. The van der Waals surface area contributed by atoms with Gasteiger partial charge in [0.05, 0.1) is 24.2 Å². The summed E-state index contributed by atoms with van der Waals surface area (Å²) in [4.78, 5) is 16.0. The second-order valence-corrected chi connectivity index (χ2v) is 7.83. The summed E-state index contributed by atoms with van der Waals surface area (Å²) < 4.78 is 8.32. The molecule has 0 unspecified atom stereocenters. The minimum atomic E-state index is -0.0453. The maximum atomic E-state index is 11.3. The Kier molecular flexibility index (Phi) is 6.91. The van der Waals surface area contributed by atoms with Crippen LogP contribution in [0.15, 0.2) is 42.5 Å². The van der Waals surface area contributed by atoms with E-state index in [-0.39, 0.29) is 5.91 Å². The van der Waals surface area contributed by atoms with Gasteiger partial charge < -0.3 is 14.6 Å². The van der Waals surface area contributed by atoms with E-state index in [1.54, 1.807) is 0 Å². The highest BCUT2D eigenvalue weighted by Crippen LogP contribution is 2.27. The summed E-state index contributed by atoms with van der Waals surface area (Å²) in [6.45, 7) is 10.00. The van der Waals surface area contributed by atoms with Crippen LogP contribution < -0.4 is 10.1 Å². The van der Waals surface area contributed by atoms with Crippen molar-refractivity contribution in [1.82, 2.24) is 14.9 Å². The zero-order valence-electron chi connectivity index (χ0n) is 17.9. The molecular formula is C24H31N3O2. The second kappa shape index (κ2) is 9.59. The van der Waals surface area contributed by atoms with Gasteiger partial charge in [0.25, 0.3) is 0 Å². The van der Waals surface area contributed by atoms with Crippen LogP contribution in [0.2, 0.25) is 0 Å². The fraction of sp³-hybridized carbons (Fsp3) is 0.417. The number of nitrogens with zero attached hydrogens (tertiary/aromatic N) is 2. The predicted octanol–water partition coefficient (Wildman–Crippen LogP) is 4.96. The van der Waals surface area contributed by atoms with Crippen LogP contribution in [0.5, 0.6) is 5.75 Å². The molecule has 2 aromatic carbocycles. The first-order chi connectivity index (χ1) is 14.0. The van der Waals surface area contributed by atoms with Gasteiger partial charge in [-0.05, 0) is 55.0 Å². The third-order valence-electron chi connectivity index (χ3n) is 5.05. The largest absolute Gasteiger partial charge is 0.493 e. The number of unbranched alkanes of at least 4 members (excludes halogenated alkanes) is 1. The summed E-state index contributed by atoms with van der Waals surface area (Å²) in [5.74, 6) is 2.29. The smallest absolute Gasteiger partial charge is 0.217 e. The molecule has 1 heterocycles. The average Bonchev–Trinajstić information content (AvgIpc) is 3.03. The Morgan fingerprint density at radius 3 is 2.72 bits per heavy atom. The topological polar surface area (TPSA) is 56.2 Å². The average molecular weight is 394 g/mol. The predicted molar refractivity (Wildman–Crippen MR) is 117 cm³/mol. The summed E-state index contributed by atoms with van der Waals surface area (Å²) >= 11 is 0. The number of nitrogens with one attached hydrogen (secondary N) is 1. The van der Waals surface area contributed by atoms with Crippen LogP contribution in [0.1, 0.15) is 56.5 Å². The number of rotatable bonds is 9. The van der Waals surface area contributed by atoms with Crippen molar-refractivity contribution < 1.29 is 9.53 Å². The first kappa shape index (κ1) is 20.9. The van der Waals surface area contributed by atoms with Crippen LogP contribution in [-0.2, 0) is 17.9 Å². The van der Waals surface area contributed by atoms with Gasteiger partial charge in [0.1, 0.15) is 11.6 Å². The van der Waals surface area contributed by atoms with Gasteiger partial charge >= 0.3 is 0 Å². The van der Waals surface area contributed by atoms with Crippen LogP contribution in [0.25, 0.3) is 11.0 Å². The number of para-hydroxylation sites is 2. The molecule has 3 rings (SSSR count). The fourth-order valence-electron chi connectivity index (χ4n) is 3.51. The van der Waals surface area contributed by atoms with Crippen molar-refractivity contribution >= 4 is 16.9 Å². The summed E-state index contributed by atoms with van der Waals surface area (Å²) in [6.07, 6.45) is 1.94. The fourth-order valence-corrected chi connectivity index (χ4v) is 3.51. The maximum Gasteiger partial charge on any atom is 0.217 e. The van der Waals surface area contributed by atoms with Gasteiger partial charge in [-0.2, -0.15) is 0 Å². The summed E-state index contributed by atoms with van der Waals surface area (Å²) in [6, 6.07) is 14.5. The van der Waals surface area contributed by atoms with E-state index in [2.05, 4.69) is 59.9 Å². The highest BCUT2D eigenvalue weighted by molar-refractivity contribution is 5.76. The van der Waals surface area contributed by atoms with Gasteiger partial charge in [-0.3, -0.25) is 4.79 Å². The molecular weight excluding hydrogens is 362 g/mol. The Balaban J connectivity index is 1.61. The Bertz CT molecular complexity index is 975. The molecule has 0 aliphatic heterocycles. The minimum absolute atomic E-state index is 0.0453. The standard InChI is InChI=1S/C24H31N3O2/c1-17(2)20-12-11-18(3)15-23(20)29-14-8-7-13-27-22-10-6-5-9-21(22)26-24(27)16-25-19(4)28/h5-6,9-12,15,17H,7-8,13-14,16H2,1-4H3,(H,25,28). The molecule has 0 spiro atoms. The highest BCUT2D eigenvalue weighted by atomic mass is 16.5. The maximum absolute atomic E-state index is 11.3. The highest BCUT2D eigenvalue weighted by Gasteiger charge is 2.11. The van der Waals surface area contributed by atoms with E-state index in [1.165, 1.54) is 18.1 Å². The SMILES string of the molecule is CC(=O)NCc1nc2ccccc2n1CCCCOc1cc(C)ccc1C(C)C. The van der Waals surface area contributed by atoms with Gasteiger partial charge in [-0.25, -0.2) is 4.98 Å². The van der Waals surface area contributed by atoms with Crippen molar-refractivity contribution in [2.45, 2.75) is 59.5 Å². The van der Waals surface area contributed by atoms with E-state index in [1.807, 2.05) is 18.2 Å². The Morgan fingerprint density at radius 1 is 1.17 bits per heavy atom. The van der Waals surface area contributed by atoms with Crippen molar-refractivity contribution in [3.63, 3.8) is 0 Å². The van der Waals surface area contributed by atoms with Gasteiger partial charge in [0.15, 0.2) is 0 Å². The first-order valence-corrected chi connectivity index (χ1v) is 10.4. The quantitative estimate of drug-likeness (QED) is 0.523. The van der Waals surface area contributed by atoms with E-state index in [4.69, 9.17) is 4.74 Å². The number of carbonyl (C=O) groups is 1. The number of hydrogen-bond acceptors (Lipinski definition) is 3. The zero-order valence-corrected chi connectivity index (χ0v) is 17.9. The summed E-state index contributed by atoms with van der Waals surface area (Å²) in [7, 11) is 0. The van der Waals surface area contributed by atoms with E-state index >= 15 is 0 Å². The molecule has 1 aromatic heterocycles. The molecule has 0 atom stereocenters. The lowest BCUT2D eigenvalue weighted by Crippen LogP contribution is -2.21. The summed E-state index contributed by atoms with van der Waals surface area (Å²) in [5.41, 5.74) is 4.55. The molecule has 154 valence electrons. The van der Waals surface area contributed by atoms with Crippen molar-refractivity contribution in [2.24, 2.45) is 0 Å². The Morgan fingerprint density at radius 2 is 1.97 bits per heavy atom. The van der Waals surface area contributed by atoms with Gasteiger partial charge in [-0.1, -0.05) is 38.1 Å². The van der Waals surface area contributed by atoms with Crippen LogP contribution in [0, 0.1) is 6.92 Å². The monoisotopic (exact) mass is 393 g/mol. The van der Waals surface area contributed by atoms with Gasteiger partial charge in [0.2, 0.25) is 5.91 Å². The molecule has 0 aliphatic carbocycles. The number of ether oxygens (including phenoxy) is 1. The lowest BCUT2D eigenvalue weighted by atomic mass is 10.0. The van der Waals surface area contributed by atoms with E-state index in [0.29, 0.717) is 19.1 Å². The van der Waals surface area contributed by atoms with Crippen LogP contribution >= 0.6 is 0 Å². The second-order valence-electron chi connectivity index (χ2n) is 7.83. The summed E-state index contributed by atoms with van der Waals surface area (Å²) in [5, 5.41) is 2.86. The molecule has 0 radical (unpaired) electrons. The van der Waals surface area contributed by atoms with Gasteiger partial charge in [0, 0.05) is 13.5 Å². The number of hydrogen-bond donors (Lipinski definition) is 1. The molecule has 0 saturated heterocycles. The number of benzene rings is 2. The third kappa shape index (κ3) is 5.37. The molecule has 0 saturated carbocycles. The van der Waals surface area contributed by atoms with Crippen molar-refractivity contribution in [1.29, 1.82) is 0 Å². The molecule has 0 fully saturated rings. The van der Waals surface area contributed by atoms with Crippen LogP contribution in [-0.4, -0.2) is 22.1 Å². The number of amides is 1. The number of aromatic nitrogens is 2. The van der Waals surface area contributed by atoms with Crippen LogP contribution in [0.4, 0.5) is 0 Å². The first-order valence-electron chi connectivity index (χ1n) is 10.4. The van der Waals surface area contributed by atoms with Crippen molar-refractivity contribution in [3.05, 3.63) is 59.4 Å². The third-order valence-corrected chi connectivity index (χ3v) is 5.05. The van der Waals surface area contributed by atoms with E-state index in [0.717, 1.165) is 42.0 Å². The molecule has 0 bridgehead atoms. The zero-order chi connectivity index (χ0) is 20.8.